The molecule has 0 aromatic heterocycles. The van der Waals surface area contributed by atoms with Crippen LogP contribution in [0.25, 0.3) is 11.1 Å². The molecule has 0 amide bonds. The minimum Gasteiger partial charge on any atom is -0.491 e. The Morgan fingerprint density at radius 3 is 1.96 bits per heavy atom. The fourth-order valence-corrected chi connectivity index (χ4v) is 3.42. The second-order valence-electron chi connectivity index (χ2n) is 5.79. The summed E-state index contributed by atoms with van der Waals surface area (Å²) in [6, 6.07) is 18.5. The zero-order chi connectivity index (χ0) is 17.1. The molecule has 4 heteroatoms. The zero-order valence-corrected chi connectivity index (χ0v) is 17.2. The molecule has 0 unspecified atom stereocenters. The molecule has 2 nitrogen and oxygen atoms in total. The van der Waals surface area contributed by atoms with Crippen molar-refractivity contribution in [1.29, 1.82) is 0 Å². The minimum atomic E-state index is -0.302. The molecular formula is C19H25IO2S. The van der Waals surface area contributed by atoms with Crippen LogP contribution in [0.1, 0.15) is 34.1 Å². The van der Waals surface area contributed by atoms with Gasteiger partial charge in [0.2, 0.25) is 0 Å². The van der Waals surface area contributed by atoms with Gasteiger partial charge in [0.25, 0.3) is 0 Å². The molecule has 0 aliphatic heterocycles. The second kappa shape index (κ2) is 10.9. The highest BCUT2D eigenvalue weighted by Crippen LogP contribution is 2.26. The van der Waals surface area contributed by atoms with E-state index in [0.717, 1.165) is 5.75 Å². The van der Waals surface area contributed by atoms with Crippen molar-refractivity contribution in [3.8, 4) is 16.9 Å². The summed E-state index contributed by atoms with van der Waals surface area (Å²) in [5.41, 5.74) is 2.10. The Morgan fingerprint density at radius 1 is 0.913 bits per heavy atom. The van der Waals surface area contributed by atoms with Crippen LogP contribution in [0.15, 0.2) is 54.6 Å². The predicted octanol–water partition coefficient (Wildman–Crippen LogP) is 6.94. The smallest absolute Gasteiger partial charge is 0.119 e. The van der Waals surface area contributed by atoms with Crippen LogP contribution in [-0.2, 0) is 4.18 Å². The van der Waals surface area contributed by atoms with Gasteiger partial charge >= 0.3 is 0 Å². The third kappa shape index (κ3) is 8.08. The van der Waals surface area contributed by atoms with Gasteiger partial charge in [-0.15, -0.1) is 0 Å². The average Bonchev–Trinajstić information content (AvgIpc) is 2.55. The summed E-state index contributed by atoms with van der Waals surface area (Å²) in [5, 5.41) is 0. The van der Waals surface area contributed by atoms with Crippen molar-refractivity contribution < 1.29 is 8.92 Å². The first-order valence-corrected chi connectivity index (χ1v) is 11.1. The Labute approximate surface area is 156 Å². The van der Waals surface area contributed by atoms with Crippen molar-refractivity contribution >= 4 is 30.4 Å². The van der Waals surface area contributed by atoms with Crippen LogP contribution in [0.4, 0.5) is 0 Å². The van der Waals surface area contributed by atoms with Crippen molar-refractivity contribution in [3.63, 3.8) is 0 Å². The van der Waals surface area contributed by atoms with E-state index in [0.29, 0.717) is 6.61 Å². The van der Waals surface area contributed by atoms with E-state index in [1.807, 2.05) is 44.2 Å². The van der Waals surface area contributed by atoms with E-state index in [4.69, 9.17) is 8.92 Å². The van der Waals surface area contributed by atoms with Crippen LogP contribution in [0.5, 0.6) is 5.75 Å². The fourth-order valence-electron chi connectivity index (χ4n) is 1.74. The predicted molar refractivity (Wildman–Crippen MR) is 110 cm³/mol. The molecule has 2 rings (SSSR count). The van der Waals surface area contributed by atoms with Gasteiger partial charge in [0.15, 0.2) is 0 Å². The molecule has 0 bridgehead atoms. The molecule has 0 fully saturated rings. The molecular weight excluding hydrogens is 419 g/mol. The van der Waals surface area contributed by atoms with Crippen LogP contribution in [0.2, 0.25) is 0 Å². The Morgan fingerprint density at radius 2 is 1.43 bits per heavy atom. The Balaban J connectivity index is 0.000000816. The number of benzene rings is 2. The summed E-state index contributed by atoms with van der Waals surface area (Å²) in [6.07, 6.45) is 1.25. The maximum absolute atomic E-state index is 5.77. The van der Waals surface area contributed by atoms with Crippen molar-refractivity contribution in [2.75, 3.05) is 6.61 Å². The van der Waals surface area contributed by atoms with Gasteiger partial charge < -0.3 is 4.74 Å². The van der Waals surface area contributed by atoms with E-state index in [2.05, 4.69) is 59.3 Å². The molecule has 23 heavy (non-hydrogen) atoms. The lowest BCUT2D eigenvalue weighted by Crippen LogP contribution is -2.29. The van der Waals surface area contributed by atoms with Crippen molar-refractivity contribution in [2.45, 2.75) is 39.7 Å². The number of ether oxygens (including phenoxy) is 1. The lowest BCUT2D eigenvalue weighted by Gasteiger charge is -2.22. The first kappa shape index (κ1) is 20.3. The van der Waals surface area contributed by atoms with Crippen LogP contribution in [0.3, 0.4) is 0 Å². The summed E-state index contributed by atoms with van der Waals surface area (Å²) >= 11 is 2.12. The Hall–Kier alpha value is -0.720. The third-order valence-corrected chi connectivity index (χ3v) is 3.86. The largest absolute Gasteiger partial charge is 0.491 e. The van der Waals surface area contributed by atoms with Gasteiger partial charge in [0.05, 0.1) is 9.21 Å². The average molecular weight is 444 g/mol. The standard InChI is InChI=1S/C16H17IO2S.C3H8/c1-16(2,19-20-17)12-18-15-10-8-14(9-11-15)13-6-4-3-5-7-13;1-3-2/h3-11H,12H2,1-2H3;3H2,1-2H3. The van der Waals surface area contributed by atoms with E-state index in [1.165, 1.54) is 26.8 Å². The second-order valence-corrected chi connectivity index (χ2v) is 7.16. The van der Waals surface area contributed by atoms with Crippen LogP contribution < -0.4 is 4.74 Å². The number of hydrogen-bond donors (Lipinski definition) is 0. The molecule has 2 aromatic rings. The summed E-state index contributed by atoms with van der Waals surface area (Å²) in [5.74, 6) is 0.861. The van der Waals surface area contributed by atoms with Gasteiger partial charge in [0.1, 0.15) is 18.0 Å². The third-order valence-electron chi connectivity index (χ3n) is 2.80. The van der Waals surface area contributed by atoms with Gasteiger partial charge in [-0.05, 0) is 37.1 Å². The van der Waals surface area contributed by atoms with Gasteiger partial charge in [-0.25, -0.2) is 0 Å². The van der Waals surface area contributed by atoms with Gasteiger partial charge in [-0.1, -0.05) is 62.7 Å². The van der Waals surface area contributed by atoms with Gasteiger partial charge in [-0.2, -0.15) is 0 Å². The first-order chi connectivity index (χ1) is 11.0. The van der Waals surface area contributed by atoms with Gasteiger partial charge in [0, 0.05) is 21.2 Å². The molecule has 0 saturated carbocycles. The quantitative estimate of drug-likeness (QED) is 0.355. The maximum atomic E-state index is 5.77. The fraction of sp³-hybridized carbons (Fsp3) is 0.368. The van der Waals surface area contributed by atoms with E-state index in [-0.39, 0.29) is 5.60 Å². The summed E-state index contributed by atoms with van der Waals surface area (Å²) in [6.45, 7) is 8.79. The molecule has 0 atom stereocenters. The highest BCUT2D eigenvalue weighted by Gasteiger charge is 2.20. The van der Waals surface area contributed by atoms with Crippen molar-refractivity contribution in [2.24, 2.45) is 0 Å². The molecule has 0 heterocycles. The van der Waals surface area contributed by atoms with Crippen LogP contribution in [0, 0.1) is 0 Å². The highest BCUT2D eigenvalue weighted by atomic mass is 127. The monoisotopic (exact) mass is 444 g/mol. The molecule has 0 saturated heterocycles. The van der Waals surface area contributed by atoms with Crippen LogP contribution in [-0.4, -0.2) is 12.2 Å². The number of rotatable bonds is 6. The maximum Gasteiger partial charge on any atom is 0.119 e. The minimum absolute atomic E-state index is 0.302. The topological polar surface area (TPSA) is 18.5 Å². The molecule has 0 N–H and O–H groups in total. The van der Waals surface area contributed by atoms with Crippen molar-refractivity contribution in [1.82, 2.24) is 0 Å². The number of hydrogen-bond acceptors (Lipinski definition) is 3. The lowest BCUT2D eigenvalue weighted by molar-refractivity contribution is 0.0750. The summed E-state index contributed by atoms with van der Waals surface area (Å²) < 4.78 is 11.3. The Kier molecular flexibility index (Phi) is 9.67. The lowest BCUT2D eigenvalue weighted by atomic mass is 10.1. The van der Waals surface area contributed by atoms with Crippen molar-refractivity contribution in [3.05, 3.63) is 54.6 Å². The van der Waals surface area contributed by atoms with E-state index < -0.39 is 0 Å². The van der Waals surface area contributed by atoms with Crippen LogP contribution >= 0.6 is 30.4 Å². The molecule has 0 aliphatic rings. The molecule has 0 aliphatic carbocycles. The SMILES string of the molecule is CC(C)(COc1ccc(-c2ccccc2)cc1)OSI.CCC. The van der Waals surface area contributed by atoms with E-state index in [1.54, 1.807) is 0 Å². The van der Waals surface area contributed by atoms with E-state index >= 15 is 0 Å². The molecule has 2 aromatic carbocycles. The Bertz CT molecular complexity index is 541. The zero-order valence-electron chi connectivity index (χ0n) is 14.2. The normalized spacial score (nSPS) is 10.7. The summed E-state index contributed by atoms with van der Waals surface area (Å²) in [7, 11) is 1.33. The molecule has 126 valence electrons. The van der Waals surface area contributed by atoms with E-state index in [9.17, 15) is 0 Å². The highest BCUT2D eigenvalue weighted by molar-refractivity contribution is 14.2. The summed E-state index contributed by atoms with van der Waals surface area (Å²) in [4.78, 5) is 0. The molecule has 0 spiro atoms. The number of halogens is 1. The first-order valence-electron chi connectivity index (χ1n) is 7.77. The van der Waals surface area contributed by atoms with Gasteiger partial charge in [-0.3, -0.25) is 4.18 Å². The molecule has 0 radical (unpaired) electrons.